The smallest absolute Gasteiger partial charge is 0.335 e. The number of nitrogens with zero attached hydrogens (tertiary/aromatic N) is 1. The summed E-state index contributed by atoms with van der Waals surface area (Å²) in [6.07, 6.45) is 2.21. The Balaban J connectivity index is 1.43. The lowest BCUT2D eigenvalue weighted by molar-refractivity contribution is -0.00394. The zero-order chi connectivity index (χ0) is 18.5. The molecule has 1 heterocycles. The Hall–Kier alpha value is -1.59. The quantitative estimate of drug-likeness (QED) is 0.759. The van der Waals surface area contributed by atoms with E-state index < -0.39 is 5.97 Å². The van der Waals surface area contributed by atoms with E-state index in [0.717, 1.165) is 43.6 Å². The first kappa shape index (κ1) is 19.2. The van der Waals surface area contributed by atoms with Gasteiger partial charge in [-0.25, -0.2) is 4.79 Å². The third kappa shape index (κ3) is 5.21. The standard InChI is InChI=1S/C20H21Cl2NO3/c21-18-6-3-15(11-19(18)22)13-26-17-7-9-23(10-8-17)12-14-1-4-16(5-2-14)20(24)25/h1-6,11,17H,7-10,12-13H2,(H,24,25). The zero-order valence-electron chi connectivity index (χ0n) is 14.3. The average molecular weight is 394 g/mol. The molecule has 0 aliphatic carbocycles. The summed E-state index contributed by atoms with van der Waals surface area (Å²) in [6.45, 7) is 3.30. The van der Waals surface area contributed by atoms with Crippen molar-refractivity contribution in [2.45, 2.75) is 32.1 Å². The fourth-order valence-corrected chi connectivity index (χ4v) is 3.41. The monoisotopic (exact) mass is 393 g/mol. The molecule has 4 nitrogen and oxygen atoms in total. The van der Waals surface area contributed by atoms with Crippen molar-refractivity contribution in [3.63, 3.8) is 0 Å². The van der Waals surface area contributed by atoms with Gasteiger partial charge in [-0.1, -0.05) is 41.4 Å². The molecule has 3 rings (SSSR count). The lowest BCUT2D eigenvalue weighted by Crippen LogP contribution is -2.36. The topological polar surface area (TPSA) is 49.8 Å². The van der Waals surface area contributed by atoms with E-state index in [4.69, 9.17) is 33.0 Å². The highest BCUT2D eigenvalue weighted by molar-refractivity contribution is 6.42. The summed E-state index contributed by atoms with van der Waals surface area (Å²) < 4.78 is 6.01. The van der Waals surface area contributed by atoms with Gasteiger partial charge in [0, 0.05) is 19.6 Å². The third-order valence-electron chi connectivity index (χ3n) is 4.61. The number of carboxylic acid groups (broad SMARTS) is 1. The summed E-state index contributed by atoms with van der Waals surface area (Å²) in [5.41, 5.74) is 2.48. The van der Waals surface area contributed by atoms with E-state index >= 15 is 0 Å². The number of benzene rings is 2. The van der Waals surface area contributed by atoms with Crippen LogP contribution in [-0.2, 0) is 17.9 Å². The van der Waals surface area contributed by atoms with Crippen molar-refractivity contribution in [1.29, 1.82) is 0 Å². The molecular weight excluding hydrogens is 373 g/mol. The molecule has 2 aromatic carbocycles. The normalized spacial score (nSPS) is 15.9. The van der Waals surface area contributed by atoms with Gasteiger partial charge in [0.25, 0.3) is 0 Å². The van der Waals surface area contributed by atoms with Crippen LogP contribution in [0.1, 0.15) is 34.3 Å². The summed E-state index contributed by atoms with van der Waals surface area (Å²) in [4.78, 5) is 13.3. The van der Waals surface area contributed by atoms with E-state index in [2.05, 4.69) is 4.90 Å². The molecule has 1 aliphatic rings. The zero-order valence-corrected chi connectivity index (χ0v) is 15.8. The van der Waals surface area contributed by atoms with Gasteiger partial charge < -0.3 is 9.84 Å². The van der Waals surface area contributed by atoms with Gasteiger partial charge in [0.05, 0.1) is 28.3 Å². The number of hydrogen-bond acceptors (Lipinski definition) is 3. The van der Waals surface area contributed by atoms with Crippen molar-refractivity contribution >= 4 is 29.2 Å². The molecule has 0 bridgehead atoms. The molecule has 1 fully saturated rings. The van der Waals surface area contributed by atoms with Crippen LogP contribution in [0.15, 0.2) is 42.5 Å². The SMILES string of the molecule is O=C(O)c1ccc(CN2CCC(OCc3ccc(Cl)c(Cl)c3)CC2)cc1. The number of aromatic carboxylic acids is 1. The fourth-order valence-electron chi connectivity index (χ4n) is 3.09. The van der Waals surface area contributed by atoms with Gasteiger partial charge in [-0.2, -0.15) is 0 Å². The highest BCUT2D eigenvalue weighted by Gasteiger charge is 2.20. The number of ether oxygens (including phenoxy) is 1. The van der Waals surface area contributed by atoms with Crippen LogP contribution in [-0.4, -0.2) is 35.2 Å². The summed E-state index contributed by atoms with van der Waals surface area (Å²) in [5.74, 6) is -0.892. The maximum atomic E-state index is 10.9. The minimum absolute atomic E-state index is 0.245. The van der Waals surface area contributed by atoms with Crippen molar-refractivity contribution in [1.82, 2.24) is 4.90 Å². The predicted molar refractivity (Wildman–Crippen MR) is 103 cm³/mol. The maximum absolute atomic E-state index is 10.9. The van der Waals surface area contributed by atoms with E-state index in [1.54, 1.807) is 18.2 Å². The Morgan fingerprint density at radius 2 is 1.69 bits per heavy atom. The Morgan fingerprint density at radius 1 is 1.04 bits per heavy atom. The van der Waals surface area contributed by atoms with E-state index in [9.17, 15) is 4.79 Å². The molecule has 2 aromatic rings. The van der Waals surface area contributed by atoms with Gasteiger partial charge >= 0.3 is 5.97 Å². The van der Waals surface area contributed by atoms with Gasteiger partial charge in [-0.05, 0) is 48.2 Å². The van der Waals surface area contributed by atoms with Gasteiger partial charge in [0.2, 0.25) is 0 Å². The summed E-state index contributed by atoms with van der Waals surface area (Å²) in [6, 6.07) is 12.7. The van der Waals surface area contributed by atoms with Gasteiger partial charge in [-0.3, -0.25) is 4.90 Å². The molecule has 0 radical (unpaired) electrons. The Labute approximate surface area is 163 Å². The maximum Gasteiger partial charge on any atom is 0.335 e. The van der Waals surface area contributed by atoms with Gasteiger partial charge in [0.15, 0.2) is 0 Å². The molecule has 0 saturated carbocycles. The Bertz CT molecular complexity index is 756. The number of halogens is 2. The first-order valence-corrected chi connectivity index (χ1v) is 9.37. The largest absolute Gasteiger partial charge is 0.478 e. The third-order valence-corrected chi connectivity index (χ3v) is 5.35. The number of carboxylic acids is 1. The highest BCUT2D eigenvalue weighted by Crippen LogP contribution is 2.24. The summed E-state index contributed by atoms with van der Waals surface area (Å²) >= 11 is 12.0. The molecule has 6 heteroatoms. The second-order valence-electron chi connectivity index (χ2n) is 6.54. The summed E-state index contributed by atoms with van der Waals surface area (Å²) in [7, 11) is 0. The molecule has 1 N–H and O–H groups in total. The molecule has 0 aromatic heterocycles. The molecule has 0 unspecified atom stereocenters. The number of likely N-dealkylation sites (tertiary alicyclic amines) is 1. The summed E-state index contributed by atoms with van der Waals surface area (Å²) in [5, 5.41) is 10.1. The van der Waals surface area contributed by atoms with Crippen molar-refractivity contribution in [3.05, 3.63) is 69.2 Å². The Kier molecular flexibility index (Phi) is 6.54. The van der Waals surface area contributed by atoms with E-state index in [0.29, 0.717) is 22.2 Å². The van der Waals surface area contributed by atoms with Gasteiger partial charge in [-0.15, -0.1) is 0 Å². The van der Waals surface area contributed by atoms with Crippen LogP contribution in [0.4, 0.5) is 0 Å². The van der Waals surface area contributed by atoms with Crippen LogP contribution >= 0.6 is 23.2 Å². The molecule has 0 amide bonds. The molecule has 138 valence electrons. The molecular formula is C20H21Cl2NO3. The van der Waals surface area contributed by atoms with Crippen LogP contribution in [0.25, 0.3) is 0 Å². The first-order chi connectivity index (χ1) is 12.5. The number of rotatable bonds is 6. The van der Waals surface area contributed by atoms with E-state index in [1.165, 1.54) is 0 Å². The number of carbonyl (C=O) groups is 1. The minimum atomic E-state index is -0.892. The fraction of sp³-hybridized carbons (Fsp3) is 0.350. The highest BCUT2D eigenvalue weighted by atomic mass is 35.5. The Morgan fingerprint density at radius 3 is 2.31 bits per heavy atom. The number of hydrogen-bond donors (Lipinski definition) is 1. The molecule has 0 spiro atoms. The number of piperidine rings is 1. The average Bonchev–Trinajstić information content (AvgIpc) is 2.64. The van der Waals surface area contributed by atoms with Crippen molar-refractivity contribution in [2.75, 3.05) is 13.1 Å². The van der Waals surface area contributed by atoms with Crippen LogP contribution in [0, 0.1) is 0 Å². The van der Waals surface area contributed by atoms with Crippen molar-refractivity contribution < 1.29 is 14.6 Å². The molecule has 1 aliphatic heterocycles. The minimum Gasteiger partial charge on any atom is -0.478 e. The molecule has 26 heavy (non-hydrogen) atoms. The van der Waals surface area contributed by atoms with Crippen LogP contribution in [0.3, 0.4) is 0 Å². The predicted octanol–water partition coefficient (Wildman–Crippen LogP) is 4.87. The lowest BCUT2D eigenvalue weighted by atomic mass is 10.1. The van der Waals surface area contributed by atoms with Crippen LogP contribution in [0.5, 0.6) is 0 Å². The van der Waals surface area contributed by atoms with Gasteiger partial charge in [0.1, 0.15) is 0 Å². The van der Waals surface area contributed by atoms with Crippen LogP contribution < -0.4 is 0 Å². The van der Waals surface area contributed by atoms with Crippen molar-refractivity contribution in [3.8, 4) is 0 Å². The van der Waals surface area contributed by atoms with E-state index in [1.807, 2.05) is 24.3 Å². The molecule has 0 atom stereocenters. The second-order valence-corrected chi connectivity index (χ2v) is 7.35. The second kappa shape index (κ2) is 8.87. The van der Waals surface area contributed by atoms with E-state index in [-0.39, 0.29) is 6.10 Å². The van der Waals surface area contributed by atoms with Crippen molar-refractivity contribution in [2.24, 2.45) is 0 Å². The first-order valence-electron chi connectivity index (χ1n) is 8.61. The lowest BCUT2D eigenvalue weighted by Gasteiger charge is -2.32. The molecule has 1 saturated heterocycles. The van der Waals surface area contributed by atoms with Crippen LogP contribution in [0.2, 0.25) is 10.0 Å².